The van der Waals surface area contributed by atoms with Crippen molar-refractivity contribution < 1.29 is 0 Å². The van der Waals surface area contributed by atoms with Crippen molar-refractivity contribution in [1.29, 1.82) is 0 Å². The predicted molar refractivity (Wildman–Crippen MR) is 70.7 cm³/mol. The molecule has 1 unspecified atom stereocenters. The molecule has 1 aromatic heterocycles. The summed E-state index contributed by atoms with van der Waals surface area (Å²) >= 11 is 1.77. The molecule has 2 nitrogen and oxygen atoms in total. The summed E-state index contributed by atoms with van der Waals surface area (Å²) in [5, 5.41) is 2.11. The number of nitrogens with zero attached hydrogens (tertiary/aromatic N) is 1. The summed E-state index contributed by atoms with van der Waals surface area (Å²) in [5.41, 5.74) is 6.25. The molecular formula is C13H22N2S. The van der Waals surface area contributed by atoms with E-state index >= 15 is 0 Å². The molecule has 0 amide bonds. The first-order chi connectivity index (χ1) is 7.66. The molecule has 90 valence electrons. The lowest BCUT2D eigenvalue weighted by Gasteiger charge is -2.26. The molecule has 0 aliphatic heterocycles. The molecule has 2 rings (SSSR count). The maximum absolute atomic E-state index is 6.25. The molecule has 0 bridgehead atoms. The molecule has 3 heteroatoms. The SMILES string of the molecule is CC(C)CN(CC(N)c1cccs1)C1CC1. The Morgan fingerprint density at radius 2 is 2.19 bits per heavy atom. The van der Waals surface area contributed by atoms with E-state index in [9.17, 15) is 0 Å². The van der Waals surface area contributed by atoms with Crippen LogP contribution < -0.4 is 5.73 Å². The van der Waals surface area contributed by atoms with Crippen LogP contribution in [0, 0.1) is 5.92 Å². The van der Waals surface area contributed by atoms with E-state index in [2.05, 4.69) is 36.3 Å². The molecule has 1 atom stereocenters. The highest BCUT2D eigenvalue weighted by Crippen LogP contribution is 2.29. The van der Waals surface area contributed by atoms with Crippen molar-refractivity contribution in [1.82, 2.24) is 4.90 Å². The number of rotatable bonds is 6. The first kappa shape index (κ1) is 12.1. The highest BCUT2D eigenvalue weighted by atomic mass is 32.1. The van der Waals surface area contributed by atoms with Crippen LogP contribution in [0.15, 0.2) is 17.5 Å². The third kappa shape index (κ3) is 3.30. The van der Waals surface area contributed by atoms with Crippen LogP contribution >= 0.6 is 11.3 Å². The summed E-state index contributed by atoms with van der Waals surface area (Å²) < 4.78 is 0. The molecule has 0 radical (unpaired) electrons. The maximum Gasteiger partial charge on any atom is 0.0519 e. The van der Waals surface area contributed by atoms with Gasteiger partial charge in [-0.2, -0.15) is 0 Å². The standard InChI is InChI=1S/C13H22N2S/c1-10(2)8-15(11-5-6-11)9-12(14)13-4-3-7-16-13/h3-4,7,10-12H,5-6,8-9,14H2,1-2H3. The molecule has 1 fully saturated rings. The maximum atomic E-state index is 6.25. The lowest BCUT2D eigenvalue weighted by atomic mass is 10.1. The Bertz CT molecular complexity index is 304. The van der Waals surface area contributed by atoms with Crippen LogP contribution in [0.25, 0.3) is 0 Å². The van der Waals surface area contributed by atoms with Gasteiger partial charge in [0, 0.05) is 24.0 Å². The summed E-state index contributed by atoms with van der Waals surface area (Å²) in [4.78, 5) is 3.89. The normalized spacial score (nSPS) is 18.3. The number of hydrogen-bond acceptors (Lipinski definition) is 3. The minimum Gasteiger partial charge on any atom is -0.322 e. The average Bonchev–Trinajstić information content (AvgIpc) is 2.91. The fourth-order valence-electron chi connectivity index (χ4n) is 2.13. The minimum atomic E-state index is 0.194. The van der Waals surface area contributed by atoms with Crippen molar-refractivity contribution in [2.24, 2.45) is 11.7 Å². The van der Waals surface area contributed by atoms with E-state index in [1.807, 2.05) is 0 Å². The Labute approximate surface area is 102 Å². The highest BCUT2D eigenvalue weighted by molar-refractivity contribution is 7.10. The topological polar surface area (TPSA) is 29.3 Å². The average molecular weight is 238 g/mol. The fraction of sp³-hybridized carbons (Fsp3) is 0.692. The molecule has 1 aliphatic rings. The van der Waals surface area contributed by atoms with E-state index in [1.165, 1.54) is 24.3 Å². The third-order valence-electron chi connectivity index (χ3n) is 3.00. The molecule has 1 aliphatic carbocycles. The lowest BCUT2D eigenvalue weighted by Crippen LogP contribution is -2.36. The van der Waals surface area contributed by atoms with Crippen molar-refractivity contribution in [3.05, 3.63) is 22.4 Å². The van der Waals surface area contributed by atoms with E-state index in [0.717, 1.165) is 18.5 Å². The lowest BCUT2D eigenvalue weighted by molar-refractivity contribution is 0.222. The van der Waals surface area contributed by atoms with Crippen LogP contribution in [-0.4, -0.2) is 24.0 Å². The van der Waals surface area contributed by atoms with Crippen LogP contribution in [0.2, 0.25) is 0 Å². The zero-order valence-corrected chi connectivity index (χ0v) is 11.0. The Morgan fingerprint density at radius 1 is 1.44 bits per heavy atom. The quantitative estimate of drug-likeness (QED) is 0.825. The first-order valence-corrected chi connectivity index (χ1v) is 7.08. The Hall–Kier alpha value is -0.380. The van der Waals surface area contributed by atoms with Gasteiger partial charge < -0.3 is 5.73 Å². The van der Waals surface area contributed by atoms with Crippen molar-refractivity contribution in [2.75, 3.05) is 13.1 Å². The van der Waals surface area contributed by atoms with Crippen molar-refractivity contribution in [3.8, 4) is 0 Å². The van der Waals surface area contributed by atoms with Crippen molar-refractivity contribution in [3.63, 3.8) is 0 Å². The van der Waals surface area contributed by atoms with Gasteiger partial charge in [-0.1, -0.05) is 19.9 Å². The molecule has 1 aromatic rings. The van der Waals surface area contributed by atoms with Crippen LogP contribution in [0.3, 0.4) is 0 Å². The second kappa shape index (κ2) is 5.30. The van der Waals surface area contributed by atoms with Gasteiger partial charge in [0.25, 0.3) is 0 Å². The molecule has 1 saturated carbocycles. The molecule has 1 heterocycles. The number of hydrogen-bond donors (Lipinski definition) is 1. The van der Waals surface area contributed by atoms with Crippen molar-refractivity contribution in [2.45, 2.75) is 38.8 Å². The van der Waals surface area contributed by atoms with Gasteiger partial charge in [0.05, 0.1) is 6.04 Å². The second-order valence-corrected chi connectivity index (χ2v) is 6.18. The van der Waals surface area contributed by atoms with Gasteiger partial charge in [-0.3, -0.25) is 4.90 Å². The highest BCUT2D eigenvalue weighted by Gasteiger charge is 2.30. The van der Waals surface area contributed by atoms with Gasteiger partial charge in [-0.05, 0) is 30.2 Å². The second-order valence-electron chi connectivity index (χ2n) is 5.20. The molecule has 16 heavy (non-hydrogen) atoms. The van der Waals surface area contributed by atoms with Gasteiger partial charge in [-0.15, -0.1) is 11.3 Å². The first-order valence-electron chi connectivity index (χ1n) is 6.20. The Morgan fingerprint density at radius 3 is 2.69 bits per heavy atom. The minimum absolute atomic E-state index is 0.194. The Balaban J connectivity index is 1.89. The predicted octanol–water partition coefficient (Wildman–Crippen LogP) is 2.87. The van der Waals surface area contributed by atoms with E-state index in [1.54, 1.807) is 11.3 Å². The number of nitrogens with two attached hydrogens (primary N) is 1. The summed E-state index contributed by atoms with van der Waals surface area (Å²) in [7, 11) is 0. The van der Waals surface area contributed by atoms with Gasteiger partial charge in [0.2, 0.25) is 0 Å². The van der Waals surface area contributed by atoms with E-state index in [-0.39, 0.29) is 6.04 Å². The summed E-state index contributed by atoms with van der Waals surface area (Å²) in [6, 6.07) is 5.24. The van der Waals surface area contributed by atoms with Gasteiger partial charge in [0.15, 0.2) is 0 Å². The molecule has 0 spiro atoms. The summed E-state index contributed by atoms with van der Waals surface area (Å²) in [5.74, 6) is 0.733. The Kier molecular flexibility index (Phi) is 4.00. The van der Waals surface area contributed by atoms with Crippen LogP contribution in [0.5, 0.6) is 0 Å². The summed E-state index contributed by atoms with van der Waals surface area (Å²) in [6.07, 6.45) is 2.73. The van der Waals surface area contributed by atoms with E-state index < -0.39 is 0 Å². The van der Waals surface area contributed by atoms with E-state index in [4.69, 9.17) is 5.73 Å². The molecule has 0 saturated heterocycles. The van der Waals surface area contributed by atoms with Crippen LogP contribution in [0.4, 0.5) is 0 Å². The van der Waals surface area contributed by atoms with Crippen LogP contribution in [0.1, 0.15) is 37.6 Å². The van der Waals surface area contributed by atoms with E-state index in [0.29, 0.717) is 0 Å². The molecule has 0 aromatic carbocycles. The zero-order chi connectivity index (χ0) is 11.5. The van der Waals surface area contributed by atoms with Crippen molar-refractivity contribution >= 4 is 11.3 Å². The molecule has 2 N–H and O–H groups in total. The number of thiophene rings is 1. The van der Waals surface area contributed by atoms with Gasteiger partial charge in [0.1, 0.15) is 0 Å². The third-order valence-corrected chi connectivity index (χ3v) is 4.01. The fourth-order valence-corrected chi connectivity index (χ4v) is 2.85. The zero-order valence-electron chi connectivity index (χ0n) is 10.2. The van der Waals surface area contributed by atoms with Crippen LogP contribution in [-0.2, 0) is 0 Å². The molecular weight excluding hydrogens is 216 g/mol. The smallest absolute Gasteiger partial charge is 0.0519 e. The monoisotopic (exact) mass is 238 g/mol. The largest absolute Gasteiger partial charge is 0.322 e. The van der Waals surface area contributed by atoms with Gasteiger partial charge in [-0.25, -0.2) is 0 Å². The summed E-state index contributed by atoms with van der Waals surface area (Å²) in [6.45, 7) is 6.77. The van der Waals surface area contributed by atoms with Gasteiger partial charge >= 0.3 is 0 Å².